The smallest absolute Gasteiger partial charge is 0.242 e. The number of benzene rings is 1. The van der Waals surface area contributed by atoms with Crippen molar-refractivity contribution in [3.63, 3.8) is 0 Å². The van der Waals surface area contributed by atoms with Crippen molar-refractivity contribution in [3.8, 4) is 0 Å². The van der Waals surface area contributed by atoms with E-state index >= 15 is 0 Å². The molecule has 0 unspecified atom stereocenters. The molecule has 0 aliphatic carbocycles. The standard InChI is InChI=1S/C13H18OSi/c1-6-12-7-9-13(10-8-12)11(2)14-15(3,4)5/h6-10H,1-2H2,3-5H3. The lowest BCUT2D eigenvalue weighted by Crippen LogP contribution is -2.24. The molecule has 80 valence electrons. The normalized spacial score (nSPS) is 10.9. The van der Waals surface area contributed by atoms with Gasteiger partial charge < -0.3 is 4.43 Å². The summed E-state index contributed by atoms with van der Waals surface area (Å²) >= 11 is 0. The second-order valence-electron chi connectivity index (χ2n) is 4.46. The topological polar surface area (TPSA) is 9.23 Å². The van der Waals surface area contributed by atoms with Crippen LogP contribution in [0.1, 0.15) is 11.1 Å². The molecule has 0 radical (unpaired) electrons. The quantitative estimate of drug-likeness (QED) is 0.545. The summed E-state index contributed by atoms with van der Waals surface area (Å²) in [6.45, 7) is 14.1. The number of rotatable bonds is 4. The Bertz CT molecular complexity index is 357. The Morgan fingerprint density at radius 1 is 1.20 bits per heavy atom. The molecule has 0 heterocycles. The van der Waals surface area contributed by atoms with Crippen molar-refractivity contribution in [1.29, 1.82) is 0 Å². The minimum Gasteiger partial charge on any atom is -0.544 e. The van der Waals surface area contributed by atoms with E-state index in [0.29, 0.717) is 0 Å². The van der Waals surface area contributed by atoms with Crippen LogP contribution in [0.5, 0.6) is 0 Å². The van der Waals surface area contributed by atoms with E-state index in [1.165, 1.54) is 0 Å². The van der Waals surface area contributed by atoms with Gasteiger partial charge in [0.2, 0.25) is 8.32 Å². The van der Waals surface area contributed by atoms with Crippen LogP contribution in [0.15, 0.2) is 37.4 Å². The summed E-state index contributed by atoms with van der Waals surface area (Å²) in [5.41, 5.74) is 2.16. The van der Waals surface area contributed by atoms with Crippen molar-refractivity contribution >= 4 is 20.2 Å². The highest BCUT2D eigenvalue weighted by atomic mass is 28.4. The van der Waals surface area contributed by atoms with Gasteiger partial charge in [0.1, 0.15) is 5.76 Å². The lowest BCUT2D eigenvalue weighted by Gasteiger charge is -2.21. The Hall–Kier alpha value is -1.28. The lowest BCUT2D eigenvalue weighted by atomic mass is 10.1. The molecule has 2 heteroatoms. The molecule has 0 saturated carbocycles. The summed E-state index contributed by atoms with van der Waals surface area (Å²) in [7, 11) is -1.54. The van der Waals surface area contributed by atoms with E-state index in [4.69, 9.17) is 4.43 Å². The Morgan fingerprint density at radius 2 is 1.73 bits per heavy atom. The first-order chi connectivity index (χ1) is 6.92. The van der Waals surface area contributed by atoms with Gasteiger partial charge in [0.15, 0.2) is 0 Å². The zero-order chi connectivity index (χ0) is 11.5. The van der Waals surface area contributed by atoms with Gasteiger partial charge in [-0.2, -0.15) is 0 Å². The largest absolute Gasteiger partial charge is 0.544 e. The SMILES string of the molecule is C=Cc1ccc(C(=C)O[Si](C)(C)C)cc1. The third-order valence-corrected chi connectivity index (χ3v) is 2.76. The Morgan fingerprint density at radius 3 is 2.13 bits per heavy atom. The molecule has 1 aromatic carbocycles. The van der Waals surface area contributed by atoms with Gasteiger partial charge in [-0.15, -0.1) is 0 Å². The first-order valence-corrected chi connectivity index (χ1v) is 8.44. The first-order valence-electron chi connectivity index (χ1n) is 5.03. The number of hydrogen-bond donors (Lipinski definition) is 0. The second-order valence-corrected chi connectivity index (χ2v) is 8.89. The molecule has 0 N–H and O–H groups in total. The van der Waals surface area contributed by atoms with E-state index in [9.17, 15) is 0 Å². The van der Waals surface area contributed by atoms with Gasteiger partial charge in [-0.25, -0.2) is 0 Å². The molecule has 0 amide bonds. The van der Waals surface area contributed by atoms with Crippen LogP contribution in [0.3, 0.4) is 0 Å². The van der Waals surface area contributed by atoms with Gasteiger partial charge in [0, 0.05) is 5.56 Å². The number of hydrogen-bond acceptors (Lipinski definition) is 1. The zero-order valence-corrected chi connectivity index (χ0v) is 10.7. The molecule has 0 fully saturated rings. The van der Waals surface area contributed by atoms with Gasteiger partial charge in [-0.3, -0.25) is 0 Å². The van der Waals surface area contributed by atoms with Crippen molar-refractivity contribution in [3.05, 3.63) is 48.6 Å². The molecule has 0 aliphatic heterocycles. The van der Waals surface area contributed by atoms with E-state index in [1.54, 1.807) is 0 Å². The molecule has 0 atom stereocenters. The van der Waals surface area contributed by atoms with Gasteiger partial charge in [0.25, 0.3) is 0 Å². The van der Waals surface area contributed by atoms with Crippen LogP contribution in [0.4, 0.5) is 0 Å². The van der Waals surface area contributed by atoms with E-state index in [-0.39, 0.29) is 0 Å². The summed E-state index contributed by atoms with van der Waals surface area (Å²) in [5.74, 6) is 0.768. The maximum atomic E-state index is 5.82. The predicted octanol–water partition coefficient (Wildman–Crippen LogP) is 4.15. The van der Waals surface area contributed by atoms with Gasteiger partial charge in [-0.1, -0.05) is 43.5 Å². The fraction of sp³-hybridized carbons (Fsp3) is 0.231. The summed E-state index contributed by atoms with van der Waals surface area (Å²) in [4.78, 5) is 0. The minimum atomic E-state index is -1.54. The summed E-state index contributed by atoms with van der Waals surface area (Å²) < 4.78 is 5.82. The summed E-state index contributed by atoms with van der Waals surface area (Å²) in [5, 5.41) is 0. The van der Waals surface area contributed by atoms with E-state index in [2.05, 4.69) is 32.8 Å². The fourth-order valence-electron chi connectivity index (χ4n) is 1.23. The van der Waals surface area contributed by atoms with Crippen LogP contribution in [-0.4, -0.2) is 8.32 Å². The van der Waals surface area contributed by atoms with Gasteiger partial charge in [0.05, 0.1) is 0 Å². The summed E-state index contributed by atoms with van der Waals surface area (Å²) in [6, 6.07) is 8.06. The van der Waals surface area contributed by atoms with Gasteiger partial charge >= 0.3 is 0 Å². The zero-order valence-electron chi connectivity index (χ0n) is 9.71. The highest BCUT2D eigenvalue weighted by Gasteiger charge is 2.17. The molecular weight excluding hydrogens is 200 g/mol. The van der Waals surface area contributed by atoms with E-state index in [1.807, 2.05) is 30.3 Å². The average Bonchev–Trinajstić information content (AvgIpc) is 2.15. The molecule has 1 rings (SSSR count). The molecule has 0 aliphatic rings. The summed E-state index contributed by atoms with van der Waals surface area (Å²) in [6.07, 6.45) is 1.83. The lowest BCUT2D eigenvalue weighted by molar-refractivity contribution is 0.516. The molecule has 0 saturated heterocycles. The molecule has 0 aromatic heterocycles. The van der Waals surface area contributed by atoms with Crippen molar-refractivity contribution in [2.75, 3.05) is 0 Å². The highest BCUT2D eigenvalue weighted by molar-refractivity contribution is 6.70. The molecule has 1 aromatic rings. The third-order valence-electron chi connectivity index (χ3n) is 1.90. The second kappa shape index (κ2) is 4.49. The van der Waals surface area contributed by atoms with Crippen LogP contribution in [0, 0.1) is 0 Å². The molecule has 0 spiro atoms. The van der Waals surface area contributed by atoms with Crippen LogP contribution in [-0.2, 0) is 4.43 Å². The van der Waals surface area contributed by atoms with Crippen LogP contribution < -0.4 is 0 Å². The Kier molecular flexibility index (Phi) is 3.53. The van der Waals surface area contributed by atoms with Crippen molar-refractivity contribution in [2.45, 2.75) is 19.6 Å². The third kappa shape index (κ3) is 3.76. The highest BCUT2D eigenvalue weighted by Crippen LogP contribution is 2.19. The van der Waals surface area contributed by atoms with Crippen LogP contribution in [0.2, 0.25) is 19.6 Å². The van der Waals surface area contributed by atoms with Crippen LogP contribution in [0.25, 0.3) is 11.8 Å². The Balaban J connectivity index is 2.79. The monoisotopic (exact) mass is 218 g/mol. The van der Waals surface area contributed by atoms with Crippen molar-refractivity contribution in [1.82, 2.24) is 0 Å². The maximum Gasteiger partial charge on any atom is 0.242 e. The van der Waals surface area contributed by atoms with Crippen LogP contribution >= 0.6 is 0 Å². The first kappa shape index (κ1) is 11.8. The average molecular weight is 218 g/mol. The molecule has 1 nitrogen and oxygen atoms in total. The fourth-order valence-corrected chi connectivity index (χ4v) is 2.09. The van der Waals surface area contributed by atoms with Gasteiger partial charge in [-0.05, 0) is 25.2 Å². The molecule has 0 bridgehead atoms. The Labute approximate surface area is 93.2 Å². The minimum absolute atomic E-state index is 0.768. The maximum absolute atomic E-state index is 5.82. The van der Waals surface area contributed by atoms with E-state index in [0.717, 1.165) is 16.9 Å². The van der Waals surface area contributed by atoms with E-state index < -0.39 is 8.32 Å². The van der Waals surface area contributed by atoms with Crippen molar-refractivity contribution < 1.29 is 4.43 Å². The predicted molar refractivity (Wildman–Crippen MR) is 70.0 cm³/mol. The molecule has 15 heavy (non-hydrogen) atoms. The van der Waals surface area contributed by atoms with Crippen molar-refractivity contribution in [2.24, 2.45) is 0 Å². The molecular formula is C13H18OSi.